The number of hydrogen-bond donors (Lipinski definition) is 2. The third-order valence-electron chi connectivity index (χ3n) is 2.82. The van der Waals surface area contributed by atoms with Crippen molar-refractivity contribution in [3.8, 4) is 0 Å². The zero-order valence-corrected chi connectivity index (χ0v) is 9.32. The van der Waals surface area contributed by atoms with E-state index in [1.807, 2.05) is 0 Å². The highest BCUT2D eigenvalue weighted by molar-refractivity contribution is 4.89. The zero-order chi connectivity index (χ0) is 9.73. The van der Waals surface area contributed by atoms with Crippen LogP contribution in [0.3, 0.4) is 0 Å². The summed E-state index contributed by atoms with van der Waals surface area (Å²) in [6.07, 6.45) is 5.15. The molecular weight excluding hydrogens is 160 g/mol. The van der Waals surface area contributed by atoms with Crippen LogP contribution in [-0.2, 0) is 0 Å². The van der Waals surface area contributed by atoms with Gasteiger partial charge in [0.15, 0.2) is 0 Å². The Morgan fingerprint density at radius 2 is 2.23 bits per heavy atom. The zero-order valence-electron chi connectivity index (χ0n) is 9.32. The highest BCUT2D eigenvalue weighted by atomic mass is 15.0. The lowest BCUT2D eigenvalue weighted by molar-refractivity contribution is 0.248. The van der Waals surface area contributed by atoms with Gasteiger partial charge in [-0.25, -0.2) is 0 Å². The van der Waals surface area contributed by atoms with Crippen molar-refractivity contribution in [1.29, 1.82) is 0 Å². The number of rotatable bonds is 4. The van der Waals surface area contributed by atoms with Crippen molar-refractivity contribution in [3.63, 3.8) is 0 Å². The first-order valence-electron chi connectivity index (χ1n) is 5.62. The average molecular weight is 184 g/mol. The third-order valence-corrected chi connectivity index (χ3v) is 2.82. The second kappa shape index (κ2) is 4.97. The van der Waals surface area contributed by atoms with E-state index in [9.17, 15) is 0 Å². The highest BCUT2D eigenvalue weighted by Gasteiger charge is 2.26. The molecule has 0 aromatic carbocycles. The molecule has 2 N–H and O–H groups in total. The van der Waals surface area contributed by atoms with Crippen LogP contribution in [-0.4, -0.2) is 24.7 Å². The van der Waals surface area contributed by atoms with Crippen LogP contribution in [0, 0.1) is 0 Å². The Morgan fingerprint density at radius 3 is 2.85 bits per heavy atom. The maximum Gasteiger partial charge on any atom is 0.0139 e. The van der Waals surface area contributed by atoms with E-state index in [0.717, 1.165) is 12.6 Å². The Kier molecular flexibility index (Phi) is 4.20. The van der Waals surface area contributed by atoms with E-state index in [4.69, 9.17) is 0 Å². The molecule has 13 heavy (non-hydrogen) atoms. The molecule has 0 aliphatic carbocycles. The van der Waals surface area contributed by atoms with Gasteiger partial charge in [-0.15, -0.1) is 0 Å². The van der Waals surface area contributed by atoms with Crippen LogP contribution in [0.5, 0.6) is 0 Å². The summed E-state index contributed by atoms with van der Waals surface area (Å²) < 4.78 is 0. The SMILES string of the molecule is CCCCNC1CCNC(C)(C)C1. The van der Waals surface area contributed by atoms with Gasteiger partial charge < -0.3 is 10.6 Å². The number of hydrogen-bond acceptors (Lipinski definition) is 2. The van der Waals surface area contributed by atoms with Crippen molar-refractivity contribution in [2.75, 3.05) is 13.1 Å². The monoisotopic (exact) mass is 184 g/mol. The van der Waals surface area contributed by atoms with Gasteiger partial charge in [-0.3, -0.25) is 0 Å². The number of unbranched alkanes of at least 4 members (excludes halogenated alkanes) is 1. The van der Waals surface area contributed by atoms with Gasteiger partial charge in [0.25, 0.3) is 0 Å². The Hall–Kier alpha value is -0.0800. The van der Waals surface area contributed by atoms with Gasteiger partial charge in [0.1, 0.15) is 0 Å². The molecular formula is C11H24N2. The van der Waals surface area contributed by atoms with Crippen molar-refractivity contribution in [2.24, 2.45) is 0 Å². The molecule has 1 fully saturated rings. The summed E-state index contributed by atoms with van der Waals surface area (Å²) in [7, 11) is 0. The van der Waals surface area contributed by atoms with Crippen molar-refractivity contribution in [1.82, 2.24) is 10.6 Å². The molecule has 2 nitrogen and oxygen atoms in total. The molecule has 0 amide bonds. The molecule has 0 spiro atoms. The molecule has 1 saturated heterocycles. The summed E-state index contributed by atoms with van der Waals surface area (Å²) in [4.78, 5) is 0. The molecule has 1 aliphatic rings. The van der Waals surface area contributed by atoms with Crippen molar-refractivity contribution < 1.29 is 0 Å². The van der Waals surface area contributed by atoms with E-state index in [1.54, 1.807) is 0 Å². The maximum atomic E-state index is 3.64. The lowest BCUT2D eigenvalue weighted by atomic mass is 9.89. The summed E-state index contributed by atoms with van der Waals surface area (Å²) >= 11 is 0. The fourth-order valence-corrected chi connectivity index (χ4v) is 2.03. The standard InChI is InChI=1S/C11H24N2/c1-4-5-7-12-10-6-8-13-11(2,3)9-10/h10,12-13H,4-9H2,1-3H3. The third kappa shape index (κ3) is 4.10. The molecule has 78 valence electrons. The van der Waals surface area contributed by atoms with E-state index in [1.165, 1.54) is 32.2 Å². The molecule has 1 unspecified atom stereocenters. The predicted molar refractivity (Wildman–Crippen MR) is 58.0 cm³/mol. The molecule has 0 aromatic rings. The lowest BCUT2D eigenvalue weighted by Gasteiger charge is -2.37. The Morgan fingerprint density at radius 1 is 1.46 bits per heavy atom. The van der Waals surface area contributed by atoms with Gasteiger partial charge in [0.05, 0.1) is 0 Å². The summed E-state index contributed by atoms with van der Waals surface area (Å²) in [6, 6.07) is 0.739. The molecule has 1 heterocycles. The molecule has 1 atom stereocenters. The minimum atomic E-state index is 0.335. The van der Waals surface area contributed by atoms with Crippen molar-refractivity contribution >= 4 is 0 Å². The van der Waals surface area contributed by atoms with Crippen LogP contribution < -0.4 is 10.6 Å². The van der Waals surface area contributed by atoms with E-state index in [2.05, 4.69) is 31.4 Å². The quantitative estimate of drug-likeness (QED) is 0.652. The largest absolute Gasteiger partial charge is 0.314 e. The van der Waals surface area contributed by atoms with Crippen LogP contribution >= 0.6 is 0 Å². The minimum absolute atomic E-state index is 0.335. The van der Waals surface area contributed by atoms with Crippen molar-refractivity contribution in [2.45, 2.75) is 58.0 Å². The summed E-state index contributed by atoms with van der Waals surface area (Å²) in [5, 5.41) is 7.18. The normalized spacial score (nSPS) is 27.5. The second-order valence-corrected chi connectivity index (χ2v) is 4.81. The number of nitrogens with one attached hydrogen (secondary N) is 2. The van der Waals surface area contributed by atoms with E-state index >= 15 is 0 Å². The van der Waals surface area contributed by atoms with E-state index in [-0.39, 0.29) is 0 Å². The lowest BCUT2D eigenvalue weighted by Crippen LogP contribution is -2.52. The Labute approximate surface area is 82.5 Å². The van der Waals surface area contributed by atoms with Crippen LogP contribution in [0.1, 0.15) is 46.5 Å². The molecule has 1 aliphatic heterocycles. The summed E-state index contributed by atoms with van der Waals surface area (Å²) in [5.41, 5.74) is 0.335. The van der Waals surface area contributed by atoms with Gasteiger partial charge in [-0.2, -0.15) is 0 Å². The van der Waals surface area contributed by atoms with E-state index in [0.29, 0.717) is 5.54 Å². The first-order chi connectivity index (χ1) is 6.14. The number of piperidine rings is 1. The first-order valence-corrected chi connectivity index (χ1v) is 5.62. The molecule has 1 rings (SSSR count). The van der Waals surface area contributed by atoms with Gasteiger partial charge in [0, 0.05) is 11.6 Å². The smallest absolute Gasteiger partial charge is 0.0139 e. The van der Waals surface area contributed by atoms with Gasteiger partial charge in [-0.1, -0.05) is 13.3 Å². The fourth-order valence-electron chi connectivity index (χ4n) is 2.03. The average Bonchev–Trinajstić information content (AvgIpc) is 2.03. The van der Waals surface area contributed by atoms with E-state index < -0.39 is 0 Å². The molecule has 0 aromatic heterocycles. The minimum Gasteiger partial charge on any atom is -0.314 e. The molecule has 2 heteroatoms. The topological polar surface area (TPSA) is 24.1 Å². The van der Waals surface area contributed by atoms with Crippen LogP contribution in [0.25, 0.3) is 0 Å². The Balaban J connectivity index is 2.19. The first kappa shape index (κ1) is 11.0. The van der Waals surface area contributed by atoms with Gasteiger partial charge >= 0.3 is 0 Å². The Bertz CT molecular complexity index is 143. The molecule has 0 saturated carbocycles. The fraction of sp³-hybridized carbons (Fsp3) is 1.00. The maximum absolute atomic E-state index is 3.64. The van der Waals surface area contributed by atoms with Crippen LogP contribution in [0.15, 0.2) is 0 Å². The molecule has 0 bridgehead atoms. The summed E-state index contributed by atoms with van der Waals surface area (Å²) in [5.74, 6) is 0. The van der Waals surface area contributed by atoms with Crippen LogP contribution in [0.2, 0.25) is 0 Å². The van der Waals surface area contributed by atoms with Gasteiger partial charge in [-0.05, 0) is 46.2 Å². The summed E-state index contributed by atoms with van der Waals surface area (Å²) in [6.45, 7) is 9.18. The van der Waals surface area contributed by atoms with Crippen molar-refractivity contribution in [3.05, 3.63) is 0 Å². The van der Waals surface area contributed by atoms with Gasteiger partial charge in [0.2, 0.25) is 0 Å². The second-order valence-electron chi connectivity index (χ2n) is 4.81. The van der Waals surface area contributed by atoms with Crippen LogP contribution in [0.4, 0.5) is 0 Å². The molecule has 0 radical (unpaired) electrons. The predicted octanol–water partition coefficient (Wildman–Crippen LogP) is 1.91. The highest BCUT2D eigenvalue weighted by Crippen LogP contribution is 2.18.